The van der Waals surface area contributed by atoms with Crippen LogP contribution in [0, 0.1) is 69.6 Å². The van der Waals surface area contributed by atoms with Crippen molar-refractivity contribution in [3.63, 3.8) is 0 Å². The van der Waals surface area contributed by atoms with Crippen LogP contribution in [0.25, 0.3) is 0 Å². The van der Waals surface area contributed by atoms with Crippen LogP contribution in [0.4, 0.5) is 0 Å². The van der Waals surface area contributed by atoms with E-state index >= 15 is 0 Å². The molecule has 10 radical (unpaired) electrons. The molecular formula is C17H21FeNO+2. The minimum Gasteiger partial charge on any atom is -0.306 e. The first-order valence-corrected chi connectivity index (χ1v) is 6.88. The van der Waals surface area contributed by atoms with Gasteiger partial charge in [-0.25, -0.2) is 0 Å². The largest absolute Gasteiger partial charge is 2.00 e. The van der Waals surface area contributed by atoms with Crippen LogP contribution in [0.3, 0.4) is 0 Å². The van der Waals surface area contributed by atoms with Crippen LogP contribution in [0.1, 0.15) is 12.8 Å². The van der Waals surface area contributed by atoms with Crippen molar-refractivity contribution in [2.45, 2.75) is 12.8 Å². The number of nitrogens with zero attached hydrogens (tertiary/aromatic N) is 1. The van der Waals surface area contributed by atoms with Crippen LogP contribution in [-0.4, -0.2) is 30.8 Å². The molecule has 0 atom stereocenters. The third-order valence-electron chi connectivity index (χ3n) is 3.59. The first-order valence-electron chi connectivity index (χ1n) is 6.88. The molecule has 0 aromatic carbocycles. The Hall–Kier alpha value is 0.149. The number of carbonyl (C=O) groups excluding carboxylic acids is 1. The van der Waals surface area contributed by atoms with Crippen LogP contribution >= 0.6 is 0 Å². The second kappa shape index (κ2) is 9.97. The Bertz CT molecular complexity index is 257. The van der Waals surface area contributed by atoms with Gasteiger partial charge in [0, 0.05) is 11.8 Å². The summed E-state index contributed by atoms with van der Waals surface area (Å²) in [4.78, 5) is 14.2. The molecule has 2 nitrogen and oxygen atoms in total. The zero-order valence-electron chi connectivity index (χ0n) is 11.8. The summed E-state index contributed by atoms with van der Waals surface area (Å²) in [5.74, 6) is 1.48. The Kier molecular flexibility index (Phi) is 9.08. The molecule has 1 saturated heterocycles. The monoisotopic (exact) mass is 311 g/mol. The molecule has 20 heavy (non-hydrogen) atoms. The van der Waals surface area contributed by atoms with E-state index in [-0.39, 0.29) is 23.0 Å². The number of ketones is 1. The SMILES string of the molecule is CN1CCC(C(=O)[C]2[CH][CH][CH][CH]2)CC1.[CH]1[CH][CH][CH][CH]1.[Fe+2]. The van der Waals surface area contributed by atoms with Gasteiger partial charge in [0.2, 0.25) is 0 Å². The fourth-order valence-corrected chi connectivity index (χ4v) is 2.37. The van der Waals surface area contributed by atoms with Gasteiger partial charge in [0.25, 0.3) is 0 Å². The fraction of sp³-hybridized carbons (Fsp3) is 0.353. The number of likely N-dealkylation sites (tertiary alicyclic amines) is 1. The van der Waals surface area contributed by atoms with Crippen molar-refractivity contribution < 1.29 is 21.9 Å². The van der Waals surface area contributed by atoms with Gasteiger partial charge in [0.15, 0.2) is 0 Å². The molecule has 0 amide bonds. The number of Topliss-reactive ketones (excluding diaryl/α,β-unsaturated/α-hetero) is 1. The average molecular weight is 311 g/mol. The molecule has 1 heterocycles. The van der Waals surface area contributed by atoms with E-state index in [9.17, 15) is 4.79 Å². The van der Waals surface area contributed by atoms with Crippen molar-refractivity contribution in [1.29, 1.82) is 0 Å². The van der Waals surface area contributed by atoms with Crippen LogP contribution < -0.4 is 0 Å². The predicted molar refractivity (Wildman–Crippen MR) is 77.2 cm³/mol. The number of carbonyl (C=O) groups is 1. The van der Waals surface area contributed by atoms with E-state index in [4.69, 9.17) is 0 Å². The number of hydrogen-bond donors (Lipinski definition) is 0. The van der Waals surface area contributed by atoms with Gasteiger partial charge in [0.1, 0.15) is 5.78 Å². The molecule has 0 N–H and O–H groups in total. The second-order valence-corrected chi connectivity index (χ2v) is 5.08. The van der Waals surface area contributed by atoms with Gasteiger partial charge < -0.3 is 4.90 Å². The summed E-state index contributed by atoms with van der Waals surface area (Å²) in [6.45, 7) is 2.11. The Morgan fingerprint density at radius 2 is 1.40 bits per heavy atom. The summed E-state index contributed by atoms with van der Waals surface area (Å²) in [5.41, 5.74) is 0. The Morgan fingerprint density at radius 1 is 0.950 bits per heavy atom. The van der Waals surface area contributed by atoms with E-state index in [2.05, 4.69) is 11.9 Å². The van der Waals surface area contributed by atoms with Crippen molar-refractivity contribution in [3.05, 3.63) is 63.7 Å². The third kappa shape index (κ3) is 5.87. The van der Waals surface area contributed by atoms with Crippen molar-refractivity contribution in [2.24, 2.45) is 5.92 Å². The summed E-state index contributed by atoms with van der Waals surface area (Å²) in [5, 5.41) is 0. The molecule has 0 aromatic heterocycles. The predicted octanol–water partition coefficient (Wildman–Crippen LogP) is 2.32. The van der Waals surface area contributed by atoms with Gasteiger partial charge >= 0.3 is 17.1 Å². The first kappa shape index (κ1) is 18.2. The van der Waals surface area contributed by atoms with Gasteiger partial charge in [-0.2, -0.15) is 0 Å². The molecule has 1 aliphatic heterocycles. The van der Waals surface area contributed by atoms with Gasteiger partial charge in [-0.15, -0.1) is 0 Å². The summed E-state index contributed by atoms with van der Waals surface area (Å²) in [7, 11) is 2.11. The maximum Gasteiger partial charge on any atom is 2.00 e. The molecule has 3 heteroatoms. The fourth-order valence-electron chi connectivity index (χ4n) is 2.37. The summed E-state index contributed by atoms with van der Waals surface area (Å²) >= 11 is 0. The maximum atomic E-state index is 11.9. The summed E-state index contributed by atoms with van der Waals surface area (Å²) < 4.78 is 0. The van der Waals surface area contributed by atoms with Crippen LogP contribution in [-0.2, 0) is 21.9 Å². The average Bonchev–Trinajstić information content (AvgIpc) is 3.15. The molecule has 2 saturated carbocycles. The topological polar surface area (TPSA) is 20.3 Å². The normalized spacial score (nSPS) is 24.9. The molecule has 0 bridgehead atoms. The molecule has 0 spiro atoms. The maximum absolute atomic E-state index is 11.9. The van der Waals surface area contributed by atoms with Crippen molar-refractivity contribution in [2.75, 3.05) is 20.1 Å². The molecule has 2 aliphatic carbocycles. The molecule has 0 unspecified atom stereocenters. The van der Waals surface area contributed by atoms with E-state index in [1.165, 1.54) is 0 Å². The minimum absolute atomic E-state index is 0. The van der Waals surface area contributed by atoms with Gasteiger partial charge in [-0.05, 0) is 90.8 Å². The zero-order chi connectivity index (χ0) is 13.5. The number of piperidine rings is 1. The molecule has 0 aromatic rings. The standard InChI is InChI=1S/C12H16NO.C5H5.Fe/c1-13-8-6-11(7-9-13)12(14)10-4-2-3-5-10;1-2-4-5-3-1;/h2-5,11H,6-9H2,1H3;1-5H;/q;;+2. The smallest absolute Gasteiger partial charge is 0.306 e. The van der Waals surface area contributed by atoms with Crippen molar-refractivity contribution in [3.8, 4) is 0 Å². The quantitative estimate of drug-likeness (QED) is 0.730. The van der Waals surface area contributed by atoms with E-state index in [1.807, 2.05) is 57.8 Å². The summed E-state index contributed by atoms with van der Waals surface area (Å²) in [6.07, 6.45) is 19.7. The van der Waals surface area contributed by atoms with Crippen molar-refractivity contribution >= 4 is 5.78 Å². The van der Waals surface area contributed by atoms with Crippen LogP contribution in [0.5, 0.6) is 0 Å². The van der Waals surface area contributed by atoms with Crippen molar-refractivity contribution in [1.82, 2.24) is 4.90 Å². The molecule has 3 fully saturated rings. The van der Waals surface area contributed by atoms with E-state index in [1.54, 1.807) is 0 Å². The summed E-state index contributed by atoms with van der Waals surface area (Å²) in [6, 6.07) is 0. The van der Waals surface area contributed by atoms with Gasteiger partial charge in [-0.1, -0.05) is 0 Å². The second-order valence-electron chi connectivity index (χ2n) is 5.08. The van der Waals surface area contributed by atoms with E-state index < -0.39 is 0 Å². The number of rotatable bonds is 2. The Labute approximate surface area is 135 Å². The molecule has 3 rings (SSSR count). The van der Waals surface area contributed by atoms with Gasteiger partial charge in [-0.3, -0.25) is 4.79 Å². The Balaban J connectivity index is 0.000000283. The van der Waals surface area contributed by atoms with Gasteiger partial charge in [0.05, 0.1) is 0 Å². The molecular weight excluding hydrogens is 290 g/mol. The Morgan fingerprint density at radius 3 is 1.85 bits per heavy atom. The molecule has 3 aliphatic rings. The zero-order valence-corrected chi connectivity index (χ0v) is 12.9. The van der Waals surface area contributed by atoms with E-state index in [0.717, 1.165) is 31.8 Å². The minimum atomic E-state index is 0. The van der Waals surface area contributed by atoms with Crippen LogP contribution in [0.15, 0.2) is 0 Å². The first-order chi connectivity index (χ1) is 9.27. The third-order valence-corrected chi connectivity index (χ3v) is 3.59. The van der Waals surface area contributed by atoms with E-state index in [0.29, 0.717) is 5.78 Å². The van der Waals surface area contributed by atoms with Crippen LogP contribution in [0.2, 0.25) is 0 Å². The molecule has 106 valence electrons. The number of hydrogen-bond acceptors (Lipinski definition) is 2.